The third-order valence-corrected chi connectivity index (χ3v) is 4.18. The lowest BCUT2D eigenvalue weighted by atomic mass is 9.96. The molecule has 1 amide bonds. The molecule has 2 saturated heterocycles. The van der Waals surface area contributed by atoms with Crippen molar-refractivity contribution < 1.29 is 4.79 Å². The Morgan fingerprint density at radius 1 is 1.38 bits per heavy atom. The van der Waals surface area contributed by atoms with Gasteiger partial charge in [0.15, 0.2) is 0 Å². The van der Waals surface area contributed by atoms with Gasteiger partial charge in [-0.3, -0.25) is 4.79 Å². The minimum Gasteiger partial charge on any atom is -0.338 e. The fraction of sp³-hybridized carbons (Fsp3) is 0.923. The predicted molar refractivity (Wildman–Crippen MR) is 65.2 cm³/mol. The summed E-state index contributed by atoms with van der Waals surface area (Å²) >= 11 is 0. The average Bonchev–Trinajstić information content (AvgIpc) is 2.74. The highest BCUT2D eigenvalue weighted by molar-refractivity contribution is 5.83. The highest BCUT2D eigenvalue weighted by Gasteiger charge is 2.35. The lowest BCUT2D eigenvalue weighted by Crippen LogP contribution is -2.51. The minimum atomic E-state index is 0.0900. The van der Waals surface area contributed by atoms with Crippen LogP contribution in [0.2, 0.25) is 0 Å². The fourth-order valence-corrected chi connectivity index (χ4v) is 3.06. The molecule has 2 aliphatic rings. The second-order valence-electron chi connectivity index (χ2n) is 5.29. The quantitative estimate of drug-likeness (QED) is 0.775. The molecule has 0 saturated carbocycles. The molecule has 0 radical (unpaired) electrons. The number of likely N-dealkylation sites (tertiary alicyclic amines) is 1. The molecule has 3 atom stereocenters. The zero-order valence-electron chi connectivity index (χ0n) is 10.5. The summed E-state index contributed by atoms with van der Waals surface area (Å²) in [6, 6.07) is 0.586. The van der Waals surface area contributed by atoms with Gasteiger partial charge >= 0.3 is 0 Å². The van der Waals surface area contributed by atoms with E-state index < -0.39 is 0 Å². The van der Waals surface area contributed by atoms with Crippen molar-refractivity contribution in [3.8, 4) is 0 Å². The van der Waals surface area contributed by atoms with Gasteiger partial charge in [0.1, 0.15) is 0 Å². The standard InChI is InChI=1S/C13H24N2O/c1-3-11-6-4-5-9-15(11)13(16)12-10(2)7-8-14-12/h10-12,14H,3-9H2,1-2H3. The van der Waals surface area contributed by atoms with Crippen molar-refractivity contribution in [3.05, 3.63) is 0 Å². The molecule has 3 unspecified atom stereocenters. The maximum atomic E-state index is 12.4. The van der Waals surface area contributed by atoms with Crippen LogP contribution in [0.25, 0.3) is 0 Å². The number of carbonyl (C=O) groups is 1. The molecule has 1 N–H and O–H groups in total. The van der Waals surface area contributed by atoms with Crippen LogP contribution >= 0.6 is 0 Å². The number of carbonyl (C=O) groups excluding carboxylic acids is 1. The number of hydrogen-bond donors (Lipinski definition) is 1. The van der Waals surface area contributed by atoms with Gasteiger partial charge in [-0.2, -0.15) is 0 Å². The van der Waals surface area contributed by atoms with Crippen LogP contribution < -0.4 is 5.32 Å². The summed E-state index contributed by atoms with van der Waals surface area (Å²) in [6.07, 6.45) is 5.91. The van der Waals surface area contributed by atoms with Crippen LogP contribution in [0, 0.1) is 5.92 Å². The molecule has 2 rings (SSSR count). The Labute approximate surface area is 98.6 Å². The first kappa shape index (κ1) is 11.9. The number of piperidine rings is 1. The van der Waals surface area contributed by atoms with Gasteiger partial charge in [0.05, 0.1) is 6.04 Å². The van der Waals surface area contributed by atoms with E-state index in [9.17, 15) is 4.79 Å². The molecule has 0 aromatic carbocycles. The number of nitrogens with one attached hydrogen (secondary N) is 1. The summed E-state index contributed by atoms with van der Waals surface area (Å²) in [4.78, 5) is 14.6. The summed E-state index contributed by atoms with van der Waals surface area (Å²) in [6.45, 7) is 6.36. The number of rotatable bonds is 2. The Bertz CT molecular complexity index is 254. The van der Waals surface area contributed by atoms with Crippen molar-refractivity contribution in [2.45, 2.75) is 58.0 Å². The van der Waals surface area contributed by atoms with Crippen LogP contribution in [0.5, 0.6) is 0 Å². The van der Waals surface area contributed by atoms with Gasteiger partial charge in [0.25, 0.3) is 0 Å². The largest absolute Gasteiger partial charge is 0.338 e. The zero-order chi connectivity index (χ0) is 11.5. The zero-order valence-corrected chi connectivity index (χ0v) is 10.5. The molecule has 2 aliphatic heterocycles. The van der Waals surface area contributed by atoms with Crippen LogP contribution in [-0.2, 0) is 4.79 Å². The molecular formula is C13H24N2O. The van der Waals surface area contributed by atoms with E-state index in [4.69, 9.17) is 0 Å². The van der Waals surface area contributed by atoms with Crippen LogP contribution in [0.1, 0.15) is 46.0 Å². The Morgan fingerprint density at radius 2 is 2.19 bits per heavy atom. The Balaban J connectivity index is 2.01. The Kier molecular flexibility index (Phi) is 3.85. The molecule has 92 valence electrons. The highest BCUT2D eigenvalue weighted by Crippen LogP contribution is 2.24. The summed E-state index contributed by atoms with van der Waals surface area (Å²) < 4.78 is 0. The second kappa shape index (κ2) is 5.17. The third kappa shape index (κ3) is 2.24. The van der Waals surface area contributed by atoms with Gasteiger partial charge in [-0.1, -0.05) is 13.8 Å². The highest BCUT2D eigenvalue weighted by atomic mass is 16.2. The van der Waals surface area contributed by atoms with Gasteiger partial charge in [-0.05, 0) is 44.6 Å². The molecule has 0 aromatic heterocycles. The van der Waals surface area contributed by atoms with E-state index >= 15 is 0 Å². The van der Waals surface area contributed by atoms with Crippen molar-refractivity contribution in [3.63, 3.8) is 0 Å². The molecule has 3 heteroatoms. The predicted octanol–water partition coefficient (Wildman–Crippen LogP) is 1.78. The monoisotopic (exact) mass is 224 g/mol. The molecular weight excluding hydrogens is 200 g/mol. The van der Waals surface area contributed by atoms with Crippen LogP contribution in [0.4, 0.5) is 0 Å². The molecule has 0 spiro atoms. The van der Waals surface area contributed by atoms with Crippen LogP contribution in [0.3, 0.4) is 0 Å². The number of hydrogen-bond acceptors (Lipinski definition) is 2. The Hall–Kier alpha value is -0.570. The summed E-state index contributed by atoms with van der Waals surface area (Å²) in [5, 5.41) is 3.36. The van der Waals surface area contributed by atoms with Gasteiger partial charge in [0.2, 0.25) is 5.91 Å². The summed E-state index contributed by atoms with van der Waals surface area (Å²) in [7, 11) is 0. The smallest absolute Gasteiger partial charge is 0.240 e. The average molecular weight is 224 g/mol. The Morgan fingerprint density at radius 3 is 2.81 bits per heavy atom. The first-order valence-electron chi connectivity index (χ1n) is 6.78. The number of amides is 1. The SMILES string of the molecule is CCC1CCCCN1C(=O)C1NCCC1C. The first-order valence-corrected chi connectivity index (χ1v) is 6.78. The molecule has 16 heavy (non-hydrogen) atoms. The lowest BCUT2D eigenvalue weighted by molar-refractivity contribution is -0.137. The van der Waals surface area contributed by atoms with Gasteiger partial charge < -0.3 is 10.2 Å². The third-order valence-electron chi connectivity index (χ3n) is 4.18. The van der Waals surface area contributed by atoms with Gasteiger partial charge in [-0.15, -0.1) is 0 Å². The maximum absolute atomic E-state index is 12.4. The lowest BCUT2D eigenvalue weighted by Gasteiger charge is -2.37. The number of nitrogens with zero attached hydrogens (tertiary/aromatic N) is 1. The van der Waals surface area contributed by atoms with E-state index in [0.717, 1.165) is 25.9 Å². The van der Waals surface area contributed by atoms with Crippen molar-refractivity contribution >= 4 is 5.91 Å². The van der Waals surface area contributed by atoms with Crippen molar-refractivity contribution in [2.75, 3.05) is 13.1 Å². The van der Waals surface area contributed by atoms with Gasteiger partial charge in [0, 0.05) is 12.6 Å². The van der Waals surface area contributed by atoms with Crippen LogP contribution in [-0.4, -0.2) is 36.0 Å². The molecule has 0 aromatic rings. The van der Waals surface area contributed by atoms with Crippen molar-refractivity contribution in [1.82, 2.24) is 10.2 Å². The van der Waals surface area contributed by atoms with E-state index in [1.807, 2.05) is 0 Å². The summed E-state index contributed by atoms with van der Waals surface area (Å²) in [5.41, 5.74) is 0. The molecule has 3 nitrogen and oxygen atoms in total. The van der Waals surface area contributed by atoms with E-state index in [2.05, 4.69) is 24.1 Å². The fourth-order valence-electron chi connectivity index (χ4n) is 3.06. The molecule has 0 aliphatic carbocycles. The van der Waals surface area contributed by atoms with Gasteiger partial charge in [-0.25, -0.2) is 0 Å². The molecule has 2 heterocycles. The normalized spacial score (nSPS) is 35.4. The van der Waals surface area contributed by atoms with E-state index in [1.54, 1.807) is 0 Å². The summed E-state index contributed by atoms with van der Waals surface area (Å²) in [5.74, 6) is 0.864. The first-order chi connectivity index (χ1) is 7.74. The maximum Gasteiger partial charge on any atom is 0.240 e. The topological polar surface area (TPSA) is 32.3 Å². The second-order valence-corrected chi connectivity index (χ2v) is 5.29. The minimum absolute atomic E-state index is 0.0900. The molecule has 0 bridgehead atoms. The van der Waals surface area contributed by atoms with E-state index in [1.165, 1.54) is 19.3 Å². The molecule has 2 fully saturated rings. The van der Waals surface area contributed by atoms with Crippen molar-refractivity contribution in [1.29, 1.82) is 0 Å². The van der Waals surface area contributed by atoms with E-state index in [-0.39, 0.29) is 6.04 Å². The van der Waals surface area contributed by atoms with E-state index in [0.29, 0.717) is 17.9 Å². The van der Waals surface area contributed by atoms with Crippen molar-refractivity contribution in [2.24, 2.45) is 5.92 Å². The van der Waals surface area contributed by atoms with Crippen LogP contribution in [0.15, 0.2) is 0 Å².